The Morgan fingerprint density at radius 2 is 0.976 bits per heavy atom. The lowest BCUT2D eigenvalue weighted by atomic mass is 9.81. The Labute approximate surface area is 245 Å². The van der Waals surface area contributed by atoms with Crippen molar-refractivity contribution in [3.63, 3.8) is 0 Å². The summed E-state index contributed by atoms with van der Waals surface area (Å²) in [6.45, 7) is 1.80. The third-order valence-corrected chi connectivity index (χ3v) is 9.59. The number of rotatable bonds is 12. The molecule has 0 aromatic carbocycles. The van der Waals surface area contributed by atoms with Crippen LogP contribution >= 0.6 is 0 Å². The lowest BCUT2D eigenvalue weighted by Crippen LogP contribution is -2.56. The first-order chi connectivity index (χ1) is 20.4. The van der Waals surface area contributed by atoms with E-state index in [0.717, 1.165) is 77.0 Å². The van der Waals surface area contributed by atoms with Crippen molar-refractivity contribution in [2.24, 2.45) is 45.5 Å². The second-order valence-electron chi connectivity index (χ2n) is 12.6. The molecular weight excluding hydrogens is 540 g/mol. The van der Waals surface area contributed by atoms with E-state index in [4.69, 9.17) is 10.00 Å². The summed E-state index contributed by atoms with van der Waals surface area (Å²) >= 11 is 0. The van der Waals surface area contributed by atoms with E-state index in [1.54, 1.807) is 18.4 Å². The standard InChI is InChI=1S/C30H42N6O6/c31-19-42-18-27-9-3-8-26(12-27)17-36-29(40)34(15-24-6-1-4-22(10-24)13-32-20-37)28(39)35(30(36)41)16-25-7-2-5-23(11-25)14-33-21-38/h22-27H,1-18H2. The third kappa shape index (κ3) is 8.27. The molecule has 0 N–H and O–H groups in total. The summed E-state index contributed by atoms with van der Waals surface area (Å²) in [6, 6.07) is 0. The summed E-state index contributed by atoms with van der Waals surface area (Å²) in [6.07, 6.45) is 15.3. The molecule has 0 radical (unpaired) electrons. The summed E-state index contributed by atoms with van der Waals surface area (Å²) in [5, 5.41) is 8.81. The van der Waals surface area contributed by atoms with Crippen molar-refractivity contribution in [2.45, 2.75) is 96.7 Å². The number of hydrogen-bond donors (Lipinski definition) is 0. The van der Waals surface area contributed by atoms with Crippen LogP contribution in [-0.2, 0) is 34.0 Å². The quantitative estimate of drug-likeness (QED) is 0.208. The Morgan fingerprint density at radius 3 is 1.36 bits per heavy atom. The van der Waals surface area contributed by atoms with Crippen molar-refractivity contribution in [3.05, 3.63) is 31.5 Å². The van der Waals surface area contributed by atoms with E-state index in [2.05, 4.69) is 9.98 Å². The molecular formula is C30H42N6O6. The van der Waals surface area contributed by atoms with Crippen LogP contribution in [0, 0.1) is 47.0 Å². The molecule has 6 unspecified atom stereocenters. The molecule has 3 aliphatic rings. The molecule has 6 atom stereocenters. The largest absolute Gasteiger partial charge is 0.427 e. The number of nitrogens with zero attached hydrogens (tertiary/aromatic N) is 6. The van der Waals surface area contributed by atoms with Crippen molar-refractivity contribution in [2.75, 3.05) is 19.7 Å². The zero-order valence-electron chi connectivity index (χ0n) is 24.3. The maximum absolute atomic E-state index is 13.8. The highest BCUT2D eigenvalue weighted by Crippen LogP contribution is 2.32. The fourth-order valence-electron chi connectivity index (χ4n) is 7.60. The van der Waals surface area contributed by atoms with Gasteiger partial charge in [-0.2, -0.15) is 5.26 Å². The Balaban J connectivity index is 1.63. The molecule has 3 saturated carbocycles. The predicted molar refractivity (Wildman–Crippen MR) is 153 cm³/mol. The minimum Gasteiger partial charge on any atom is -0.427 e. The van der Waals surface area contributed by atoms with Crippen molar-refractivity contribution < 1.29 is 14.3 Å². The Kier molecular flexibility index (Phi) is 11.7. The van der Waals surface area contributed by atoms with Crippen LogP contribution < -0.4 is 17.1 Å². The monoisotopic (exact) mass is 582 g/mol. The average molecular weight is 583 g/mol. The summed E-state index contributed by atoms with van der Waals surface area (Å²) in [5.74, 6) is 0.801. The number of nitriles is 1. The topological polar surface area (TPSA) is 158 Å². The molecule has 0 aliphatic heterocycles. The van der Waals surface area contributed by atoms with Crippen LogP contribution in [0.4, 0.5) is 0 Å². The highest BCUT2D eigenvalue weighted by molar-refractivity contribution is 5.33. The van der Waals surface area contributed by atoms with E-state index < -0.39 is 17.1 Å². The molecule has 1 aromatic heterocycles. The molecule has 1 heterocycles. The van der Waals surface area contributed by atoms with Crippen molar-refractivity contribution in [1.29, 1.82) is 5.26 Å². The van der Waals surface area contributed by atoms with Crippen LogP contribution in [0.1, 0.15) is 77.0 Å². The van der Waals surface area contributed by atoms with Gasteiger partial charge in [-0.25, -0.2) is 47.7 Å². The molecule has 0 spiro atoms. The van der Waals surface area contributed by atoms with Crippen molar-refractivity contribution in [3.8, 4) is 6.26 Å². The van der Waals surface area contributed by atoms with Crippen LogP contribution in [0.2, 0.25) is 0 Å². The zero-order chi connectivity index (χ0) is 29.9. The van der Waals surface area contributed by atoms with Gasteiger partial charge in [-0.15, -0.1) is 0 Å². The molecule has 12 heteroatoms. The molecule has 4 rings (SSSR count). The molecule has 228 valence electrons. The second kappa shape index (κ2) is 15.6. The number of aliphatic imine (C=N–C) groups is 2. The highest BCUT2D eigenvalue weighted by atomic mass is 16.5. The number of hydrogen-bond acceptors (Lipinski definition) is 9. The van der Waals surface area contributed by atoms with E-state index >= 15 is 0 Å². The smallest absolute Gasteiger partial charge is 0.336 e. The van der Waals surface area contributed by atoms with E-state index in [-0.39, 0.29) is 55.1 Å². The Morgan fingerprint density at radius 1 is 0.619 bits per heavy atom. The van der Waals surface area contributed by atoms with E-state index in [1.807, 2.05) is 0 Å². The van der Waals surface area contributed by atoms with Crippen molar-refractivity contribution >= 4 is 12.2 Å². The first-order valence-corrected chi connectivity index (χ1v) is 15.5. The molecule has 12 nitrogen and oxygen atoms in total. The molecule has 0 saturated heterocycles. The molecule has 42 heavy (non-hydrogen) atoms. The normalized spacial score (nSPS) is 27.7. The van der Waals surface area contributed by atoms with Gasteiger partial charge in [0.2, 0.25) is 12.2 Å². The number of ether oxygens (including phenoxy) is 1. The van der Waals surface area contributed by atoms with Crippen LogP contribution in [0.15, 0.2) is 24.4 Å². The molecule has 0 amide bonds. The van der Waals surface area contributed by atoms with Gasteiger partial charge in [0.1, 0.15) is 6.61 Å². The van der Waals surface area contributed by atoms with Gasteiger partial charge in [-0.1, -0.05) is 19.3 Å². The fraction of sp³-hybridized carbons (Fsp3) is 0.800. The van der Waals surface area contributed by atoms with Crippen LogP contribution in [0.25, 0.3) is 0 Å². The molecule has 3 fully saturated rings. The van der Waals surface area contributed by atoms with Gasteiger partial charge in [0, 0.05) is 19.6 Å². The van der Waals surface area contributed by atoms with E-state index in [9.17, 15) is 24.0 Å². The van der Waals surface area contributed by atoms with Crippen LogP contribution in [-0.4, -0.2) is 45.6 Å². The van der Waals surface area contributed by atoms with Gasteiger partial charge < -0.3 is 4.74 Å². The number of isocyanates is 2. The third-order valence-electron chi connectivity index (χ3n) is 9.59. The predicted octanol–water partition coefficient (Wildman–Crippen LogP) is 2.76. The number of carbonyl (C=O) groups excluding carboxylic acids is 2. The Bertz CT molecular complexity index is 1300. The van der Waals surface area contributed by atoms with Gasteiger partial charge in [0.25, 0.3) is 6.26 Å². The van der Waals surface area contributed by atoms with Crippen molar-refractivity contribution in [1.82, 2.24) is 13.7 Å². The lowest BCUT2D eigenvalue weighted by molar-refractivity contribution is 0.143. The second-order valence-corrected chi connectivity index (χ2v) is 12.6. The van der Waals surface area contributed by atoms with Crippen LogP contribution in [0.3, 0.4) is 0 Å². The fourth-order valence-corrected chi connectivity index (χ4v) is 7.60. The van der Waals surface area contributed by atoms with Gasteiger partial charge in [-0.3, -0.25) is 0 Å². The minimum atomic E-state index is -0.564. The maximum Gasteiger partial charge on any atom is 0.336 e. The maximum atomic E-state index is 13.8. The van der Waals surface area contributed by atoms with Gasteiger partial charge in [-0.05, 0) is 93.3 Å². The summed E-state index contributed by atoms with van der Waals surface area (Å²) in [4.78, 5) is 70.2. The Hall–Kier alpha value is -3.54. The summed E-state index contributed by atoms with van der Waals surface area (Å²) in [7, 11) is 0. The van der Waals surface area contributed by atoms with E-state index in [0.29, 0.717) is 19.7 Å². The zero-order valence-corrected chi connectivity index (χ0v) is 24.3. The SMILES string of the molecule is N#COCC1CCCC(Cn2c(=O)n(CC3CCCC(CN=C=O)C3)c(=O)n(CC3CCCC(CN=C=O)C3)c2=O)C1. The first-order valence-electron chi connectivity index (χ1n) is 15.5. The number of aromatic nitrogens is 3. The molecule has 0 bridgehead atoms. The summed E-state index contributed by atoms with van der Waals surface area (Å²) in [5.41, 5.74) is -1.69. The van der Waals surface area contributed by atoms with Crippen LogP contribution in [0.5, 0.6) is 0 Å². The molecule has 1 aromatic rings. The lowest BCUT2D eigenvalue weighted by Gasteiger charge is -2.31. The summed E-state index contributed by atoms with van der Waals surface area (Å²) < 4.78 is 8.75. The van der Waals surface area contributed by atoms with Gasteiger partial charge in [0.15, 0.2) is 0 Å². The average Bonchev–Trinajstić information content (AvgIpc) is 3.01. The first kappa shape index (κ1) is 31.4. The van der Waals surface area contributed by atoms with Gasteiger partial charge in [0.05, 0.1) is 13.1 Å². The highest BCUT2D eigenvalue weighted by Gasteiger charge is 2.29. The molecule has 3 aliphatic carbocycles. The van der Waals surface area contributed by atoms with E-state index in [1.165, 1.54) is 13.7 Å². The minimum absolute atomic E-state index is 0.0661. The van der Waals surface area contributed by atoms with Gasteiger partial charge >= 0.3 is 17.1 Å².